The summed E-state index contributed by atoms with van der Waals surface area (Å²) in [5.74, 6) is 0.739. The zero-order chi connectivity index (χ0) is 23.2. The van der Waals surface area contributed by atoms with Gasteiger partial charge in [0.15, 0.2) is 0 Å². The zero-order valence-electron chi connectivity index (χ0n) is 19.0. The Morgan fingerprint density at radius 3 is 2.26 bits per heavy atom. The SMILES string of the molecule is CCC(C)N(Cc1ccccc1OS(=O)(=O)c1ccc(OC)cc1)C(=O)NC(C)(C)C. The van der Waals surface area contributed by atoms with Gasteiger partial charge in [0, 0.05) is 17.1 Å². The van der Waals surface area contributed by atoms with Crippen molar-refractivity contribution in [3.8, 4) is 11.5 Å². The van der Waals surface area contributed by atoms with E-state index in [2.05, 4.69) is 5.32 Å². The summed E-state index contributed by atoms with van der Waals surface area (Å²) in [5.41, 5.74) is 0.209. The predicted molar refractivity (Wildman–Crippen MR) is 121 cm³/mol. The number of hydrogen-bond donors (Lipinski definition) is 1. The summed E-state index contributed by atoms with van der Waals surface area (Å²) >= 11 is 0. The van der Waals surface area contributed by atoms with Crippen LogP contribution in [0.3, 0.4) is 0 Å². The number of carbonyl (C=O) groups excluding carboxylic acids is 1. The van der Waals surface area contributed by atoms with Gasteiger partial charge in [-0.3, -0.25) is 0 Å². The second kappa shape index (κ2) is 10.0. The molecule has 8 heteroatoms. The summed E-state index contributed by atoms with van der Waals surface area (Å²) < 4.78 is 36.1. The highest BCUT2D eigenvalue weighted by Crippen LogP contribution is 2.26. The van der Waals surface area contributed by atoms with Gasteiger partial charge in [0.05, 0.1) is 13.7 Å². The van der Waals surface area contributed by atoms with Crippen LogP contribution in [0.25, 0.3) is 0 Å². The molecule has 1 unspecified atom stereocenters. The number of carbonyl (C=O) groups is 1. The molecule has 0 aromatic heterocycles. The molecule has 0 fully saturated rings. The van der Waals surface area contributed by atoms with Crippen LogP contribution in [0.2, 0.25) is 0 Å². The molecule has 0 saturated heterocycles. The molecule has 2 amide bonds. The molecule has 31 heavy (non-hydrogen) atoms. The smallest absolute Gasteiger partial charge is 0.339 e. The van der Waals surface area contributed by atoms with E-state index in [0.29, 0.717) is 11.3 Å². The van der Waals surface area contributed by atoms with E-state index in [0.717, 1.165) is 6.42 Å². The predicted octanol–water partition coefficient (Wildman–Crippen LogP) is 4.57. The minimum atomic E-state index is -4.05. The van der Waals surface area contributed by atoms with Crippen LogP contribution in [0, 0.1) is 0 Å². The Labute approximate surface area is 185 Å². The molecule has 0 bridgehead atoms. The van der Waals surface area contributed by atoms with E-state index in [1.165, 1.54) is 19.2 Å². The standard InChI is InChI=1S/C23H32N2O5S/c1-7-17(2)25(22(26)24-23(3,4)5)16-18-10-8-9-11-21(18)30-31(27,28)20-14-12-19(29-6)13-15-20/h8-15,17H,7,16H2,1-6H3,(H,24,26). The van der Waals surface area contributed by atoms with Crippen LogP contribution in [0.1, 0.15) is 46.6 Å². The Balaban J connectivity index is 2.31. The Hall–Kier alpha value is -2.74. The summed E-state index contributed by atoms with van der Waals surface area (Å²) in [6, 6.07) is 12.6. The van der Waals surface area contributed by atoms with E-state index in [1.54, 1.807) is 41.3 Å². The van der Waals surface area contributed by atoms with Crippen molar-refractivity contribution >= 4 is 16.1 Å². The van der Waals surface area contributed by atoms with Gasteiger partial charge in [-0.05, 0) is 64.4 Å². The van der Waals surface area contributed by atoms with Crippen molar-refractivity contribution in [2.75, 3.05) is 7.11 Å². The molecule has 2 aromatic rings. The third-order valence-corrected chi connectivity index (χ3v) is 5.98. The number of amides is 2. The fourth-order valence-electron chi connectivity index (χ4n) is 2.85. The lowest BCUT2D eigenvalue weighted by molar-refractivity contribution is 0.164. The van der Waals surface area contributed by atoms with Gasteiger partial charge in [-0.1, -0.05) is 25.1 Å². The topological polar surface area (TPSA) is 84.9 Å². The lowest BCUT2D eigenvalue weighted by atomic mass is 10.1. The van der Waals surface area contributed by atoms with Crippen LogP contribution in [0.5, 0.6) is 11.5 Å². The number of nitrogens with one attached hydrogen (secondary N) is 1. The number of urea groups is 1. The molecular formula is C23H32N2O5S. The minimum Gasteiger partial charge on any atom is -0.497 e. The van der Waals surface area contributed by atoms with Gasteiger partial charge in [0.2, 0.25) is 0 Å². The maximum Gasteiger partial charge on any atom is 0.339 e. The number of nitrogens with zero attached hydrogens (tertiary/aromatic N) is 1. The number of para-hydroxylation sites is 1. The van der Waals surface area contributed by atoms with Gasteiger partial charge in [0.1, 0.15) is 16.4 Å². The maximum atomic E-state index is 12.9. The van der Waals surface area contributed by atoms with Crippen molar-refractivity contribution in [2.24, 2.45) is 0 Å². The van der Waals surface area contributed by atoms with Gasteiger partial charge in [-0.25, -0.2) is 4.79 Å². The van der Waals surface area contributed by atoms with Gasteiger partial charge < -0.3 is 19.1 Å². The van der Waals surface area contributed by atoms with Crippen LogP contribution < -0.4 is 14.2 Å². The van der Waals surface area contributed by atoms with E-state index >= 15 is 0 Å². The normalized spacial score (nSPS) is 12.7. The largest absolute Gasteiger partial charge is 0.497 e. The number of methoxy groups -OCH3 is 1. The van der Waals surface area contributed by atoms with Crippen molar-refractivity contribution in [1.29, 1.82) is 0 Å². The van der Waals surface area contributed by atoms with E-state index in [-0.39, 0.29) is 29.3 Å². The highest BCUT2D eigenvalue weighted by molar-refractivity contribution is 7.87. The molecule has 7 nitrogen and oxygen atoms in total. The van der Waals surface area contributed by atoms with Crippen molar-refractivity contribution in [2.45, 2.75) is 64.1 Å². The molecular weight excluding hydrogens is 416 g/mol. The molecule has 0 aliphatic heterocycles. The quantitative estimate of drug-likeness (QED) is 0.598. The molecule has 0 heterocycles. The van der Waals surface area contributed by atoms with Crippen LogP contribution >= 0.6 is 0 Å². The van der Waals surface area contributed by atoms with Crippen molar-refractivity contribution in [3.63, 3.8) is 0 Å². The summed E-state index contributed by atoms with van der Waals surface area (Å²) in [5, 5.41) is 2.98. The molecule has 170 valence electrons. The lowest BCUT2D eigenvalue weighted by Gasteiger charge is -2.32. The average Bonchev–Trinajstić information content (AvgIpc) is 2.71. The van der Waals surface area contributed by atoms with Gasteiger partial charge >= 0.3 is 16.1 Å². The molecule has 0 aliphatic rings. The minimum absolute atomic E-state index is 0.0207. The van der Waals surface area contributed by atoms with Crippen LogP contribution in [0.15, 0.2) is 53.4 Å². The summed E-state index contributed by atoms with van der Waals surface area (Å²) in [7, 11) is -2.54. The fraction of sp³-hybridized carbons (Fsp3) is 0.435. The first kappa shape index (κ1) is 24.5. The third-order valence-electron chi connectivity index (χ3n) is 4.73. The molecule has 2 aromatic carbocycles. The first-order valence-corrected chi connectivity index (χ1v) is 11.6. The molecule has 0 spiro atoms. The highest BCUT2D eigenvalue weighted by Gasteiger charge is 2.25. The maximum absolute atomic E-state index is 12.9. The fourth-order valence-corrected chi connectivity index (χ4v) is 3.81. The first-order chi connectivity index (χ1) is 14.5. The van der Waals surface area contributed by atoms with Gasteiger partial charge in [-0.2, -0.15) is 8.42 Å². The van der Waals surface area contributed by atoms with Crippen molar-refractivity contribution in [3.05, 3.63) is 54.1 Å². The van der Waals surface area contributed by atoms with Gasteiger partial charge in [-0.15, -0.1) is 0 Å². The second-order valence-electron chi connectivity index (χ2n) is 8.39. The number of benzene rings is 2. The Morgan fingerprint density at radius 1 is 1.10 bits per heavy atom. The first-order valence-electron chi connectivity index (χ1n) is 10.2. The lowest BCUT2D eigenvalue weighted by Crippen LogP contribution is -2.50. The van der Waals surface area contributed by atoms with Gasteiger partial charge in [0.25, 0.3) is 0 Å². The number of rotatable bonds is 8. The Kier molecular flexibility index (Phi) is 7.95. The van der Waals surface area contributed by atoms with Crippen LogP contribution in [-0.4, -0.2) is 38.0 Å². The Morgan fingerprint density at radius 2 is 1.71 bits per heavy atom. The third kappa shape index (κ3) is 6.89. The van der Waals surface area contributed by atoms with Crippen molar-refractivity contribution < 1.29 is 22.1 Å². The monoisotopic (exact) mass is 448 g/mol. The molecule has 1 N–H and O–H groups in total. The average molecular weight is 449 g/mol. The summed E-state index contributed by atoms with van der Waals surface area (Å²) in [6.07, 6.45) is 0.755. The highest BCUT2D eigenvalue weighted by atomic mass is 32.2. The molecule has 0 saturated carbocycles. The molecule has 0 aliphatic carbocycles. The second-order valence-corrected chi connectivity index (χ2v) is 9.93. The van der Waals surface area contributed by atoms with Crippen LogP contribution in [0.4, 0.5) is 4.79 Å². The van der Waals surface area contributed by atoms with Crippen LogP contribution in [-0.2, 0) is 16.7 Å². The molecule has 1 atom stereocenters. The number of hydrogen-bond acceptors (Lipinski definition) is 5. The van der Waals surface area contributed by atoms with E-state index in [1.807, 2.05) is 34.6 Å². The summed E-state index contributed by atoms with van der Waals surface area (Å²) in [4.78, 5) is 14.6. The number of ether oxygens (including phenoxy) is 1. The van der Waals surface area contributed by atoms with E-state index < -0.39 is 15.7 Å². The zero-order valence-corrected chi connectivity index (χ0v) is 19.8. The van der Waals surface area contributed by atoms with E-state index in [4.69, 9.17) is 8.92 Å². The van der Waals surface area contributed by atoms with Crippen molar-refractivity contribution in [1.82, 2.24) is 10.2 Å². The molecule has 2 rings (SSSR count). The Bertz CT molecular complexity index is 982. The summed E-state index contributed by atoms with van der Waals surface area (Å²) in [6.45, 7) is 9.91. The van der Waals surface area contributed by atoms with E-state index in [9.17, 15) is 13.2 Å². The molecule has 0 radical (unpaired) electrons.